The maximum atomic E-state index is 9.99. The molecular formula is C13H25NO3. The number of ether oxygens (including phenoxy) is 2. The van der Waals surface area contributed by atoms with Crippen molar-refractivity contribution in [3.63, 3.8) is 0 Å². The quantitative estimate of drug-likeness (QED) is 0.796. The Balaban J connectivity index is 1.83. The van der Waals surface area contributed by atoms with Gasteiger partial charge in [-0.05, 0) is 18.8 Å². The highest BCUT2D eigenvalue weighted by atomic mass is 16.5. The average Bonchev–Trinajstić information content (AvgIpc) is 2.74. The first-order valence-electron chi connectivity index (χ1n) is 6.70. The number of methoxy groups -OCH3 is 2. The van der Waals surface area contributed by atoms with Crippen LogP contribution < -0.4 is 0 Å². The summed E-state index contributed by atoms with van der Waals surface area (Å²) >= 11 is 0. The lowest BCUT2D eigenvalue weighted by molar-refractivity contribution is -0.00461. The molecule has 1 saturated carbocycles. The van der Waals surface area contributed by atoms with Crippen LogP contribution in [0.25, 0.3) is 0 Å². The van der Waals surface area contributed by atoms with Gasteiger partial charge in [-0.2, -0.15) is 0 Å². The third-order valence-electron chi connectivity index (χ3n) is 4.26. The van der Waals surface area contributed by atoms with E-state index in [4.69, 9.17) is 9.47 Å². The monoisotopic (exact) mass is 243 g/mol. The van der Waals surface area contributed by atoms with Crippen molar-refractivity contribution in [2.75, 3.05) is 33.9 Å². The Labute approximate surface area is 104 Å². The largest absolute Gasteiger partial charge is 0.393 e. The number of likely N-dealkylation sites (tertiary alicyclic amines) is 1. The van der Waals surface area contributed by atoms with E-state index in [0.717, 1.165) is 32.5 Å². The second kappa shape index (κ2) is 6.14. The van der Waals surface area contributed by atoms with Crippen molar-refractivity contribution < 1.29 is 14.6 Å². The summed E-state index contributed by atoms with van der Waals surface area (Å²) in [5.74, 6) is 0.442. The fraction of sp³-hybridized carbons (Fsp3) is 1.00. The van der Waals surface area contributed by atoms with Crippen LogP contribution in [0.1, 0.15) is 25.7 Å². The average molecular weight is 243 g/mol. The van der Waals surface area contributed by atoms with Crippen LogP contribution in [-0.4, -0.2) is 62.2 Å². The second-order valence-corrected chi connectivity index (χ2v) is 5.38. The molecule has 2 rings (SSSR count). The summed E-state index contributed by atoms with van der Waals surface area (Å²) in [5, 5.41) is 9.99. The van der Waals surface area contributed by atoms with Gasteiger partial charge >= 0.3 is 0 Å². The van der Waals surface area contributed by atoms with E-state index in [1.54, 1.807) is 14.2 Å². The molecule has 2 aliphatic rings. The second-order valence-electron chi connectivity index (χ2n) is 5.38. The molecule has 0 aromatic carbocycles. The van der Waals surface area contributed by atoms with Gasteiger partial charge in [0, 0.05) is 33.9 Å². The van der Waals surface area contributed by atoms with Gasteiger partial charge < -0.3 is 14.6 Å². The number of aliphatic hydroxyl groups is 1. The Bertz CT molecular complexity index is 225. The molecule has 0 aromatic rings. The number of aliphatic hydroxyl groups excluding tert-OH is 1. The summed E-state index contributed by atoms with van der Waals surface area (Å²) < 4.78 is 10.9. The summed E-state index contributed by atoms with van der Waals surface area (Å²) in [5.41, 5.74) is 0. The highest BCUT2D eigenvalue weighted by Gasteiger charge is 2.35. The third-order valence-corrected chi connectivity index (χ3v) is 4.26. The van der Waals surface area contributed by atoms with E-state index in [9.17, 15) is 5.11 Å². The standard InChI is InChI=1S/C13H25NO3/c1-16-12-8-14(9-13(12)17-2)7-10-5-3-4-6-11(10)15/h10-13,15H,3-9H2,1-2H3. The van der Waals surface area contributed by atoms with Gasteiger partial charge in [0.2, 0.25) is 0 Å². The van der Waals surface area contributed by atoms with Crippen molar-refractivity contribution in [3.8, 4) is 0 Å². The number of hydrogen-bond donors (Lipinski definition) is 1. The fourth-order valence-corrected chi connectivity index (χ4v) is 3.15. The van der Waals surface area contributed by atoms with E-state index in [1.165, 1.54) is 12.8 Å². The van der Waals surface area contributed by atoms with Crippen LogP contribution in [0.3, 0.4) is 0 Å². The molecule has 1 N–H and O–H groups in total. The molecule has 4 nitrogen and oxygen atoms in total. The maximum Gasteiger partial charge on any atom is 0.0971 e. The summed E-state index contributed by atoms with van der Waals surface area (Å²) in [7, 11) is 3.49. The fourth-order valence-electron chi connectivity index (χ4n) is 3.15. The van der Waals surface area contributed by atoms with Crippen LogP contribution in [-0.2, 0) is 9.47 Å². The Hall–Kier alpha value is -0.160. The van der Waals surface area contributed by atoms with E-state index in [1.807, 2.05) is 0 Å². The van der Waals surface area contributed by atoms with Crippen LogP contribution in [0, 0.1) is 5.92 Å². The molecule has 0 amide bonds. The van der Waals surface area contributed by atoms with Crippen molar-refractivity contribution >= 4 is 0 Å². The van der Waals surface area contributed by atoms with Crippen molar-refractivity contribution in [1.29, 1.82) is 0 Å². The lowest BCUT2D eigenvalue weighted by Gasteiger charge is -2.31. The molecule has 1 saturated heterocycles. The Morgan fingerprint density at radius 2 is 1.65 bits per heavy atom. The molecule has 0 bridgehead atoms. The zero-order valence-corrected chi connectivity index (χ0v) is 11.0. The highest BCUT2D eigenvalue weighted by molar-refractivity contribution is 4.88. The maximum absolute atomic E-state index is 9.99. The minimum atomic E-state index is -0.105. The van der Waals surface area contributed by atoms with Crippen LogP contribution in [0.15, 0.2) is 0 Å². The first-order chi connectivity index (χ1) is 8.24. The zero-order valence-electron chi connectivity index (χ0n) is 11.0. The van der Waals surface area contributed by atoms with Crippen molar-refractivity contribution in [1.82, 2.24) is 4.90 Å². The molecule has 1 aliphatic carbocycles. The van der Waals surface area contributed by atoms with E-state index in [2.05, 4.69) is 4.90 Å². The summed E-state index contributed by atoms with van der Waals surface area (Å²) in [6.07, 6.45) is 4.83. The van der Waals surface area contributed by atoms with Gasteiger partial charge in [0.05, 0.1) is 18.3 Å². The van der Waals surface area contributed by atoms with Gasteiger partial charge in [-0.3, -0.25) is 4.90 Å². The molecule has 4 unspecified atom stereocenters. The van der Waals surface area contributed by atoms with E-state index in [-0.39, 0.29) is 18.3 Å². The minimum Gasteiger partial charge on any atom is -0.393 e. The smallest absolute Gasteiger partial charge is 0.0971 e. The van der Waals surface area contributed by atoms with Gasteiger partial charge in [0.15, 0.2) is 0 Å². The summed E-state index contributed by atoms with van der Waals surface area (Å²) in [4.78, 5) is 2.38. The highest BCUT2D eigenvalue weighted by Crippen LogP contribution is 2.27. The van der Waals surface area contributed by atoms with Crippen molar-refractivity contribution in [2.45, 2.75) is 44.0 Å². The van der Waals surface area contributed by atoms with Crippen molar-refractivity contribution in [2.24, 2.45) is 5.92 Å². The lowest BCUT2D eigenvalue weighted by atomic mass is 9.86. The van der Waals surface area contributed by atoms with Gasteiger partial charge in [0.25, 0.3) is 0 Å². The molecule has 0 aromatic heterocycles. The first kappa shape index (κ1) is 13.3. The minimum absolute atomic E-state index is 0.105. The SMILES string of the molecule is COC1CN(CC2CCCCC2O)CC1OC. The van der Waals surface area contributed by atoms with Crippen molar-refractivity contribution in [3.05, 3.63) is 0 Å². The summed E-state index contributed by atoms with van der Waals surface area (Å²) in [6, 6.07) is 0. The molecule has 0 spiro atoms. The van der Waals surface area contributed by atoms with Gasteiger partial charge in [0.1, 0.15) is 0 Å². The van der Waals surface area contributed by atoms with E-state index in [0.29, 0.717) is 5.92 Å². The Morgan fingerprint density at radius 3 is 2.18 bits per heavy atom. The third kappa shape index (κ3) is 3.19. The van der Waals surface area contributed by atoms with Crippen LogP contribution in [0.5, 0.6) is 0 Å². The van der Waals surface area contributed by atoms with Crippen LogP contribution >= 0.6 is 0 Å². The normalized spacial score (nSPS) is 39.7. The van der Waals surface area contributed by atoms with Gasteiger partial charge in [-0.1, -0.05) is 12.8 Å². The number of nitrogens with zero attached hydrogens (tertiary/aromatic N) is 1. The molecule has 4 heteroatoms. The number of rotatable bonds is 4. The van der Waals surface area contributed by atoms with E-state index < -0.39 is 0 Å². The topological polar surface area (TPSA) is 41.9 Å². The lowest BCUT2D eigenvalue weighted by Crippen LogP contribution is -2.36. The Morgan fingerprint density at radius 1 is 1.06 bits per heavy atom. The van der Waals surface area contributed by atoms with Gasteiger partial charge in [-0.25, -0.2) is 0 Å². The molecule has 100 valence electrons. The Kier molecular flexibility index (Phi) is 4.79. The molecule has 1 aliphatic heterocycles. The van der Waals surface area contributed by atoms with Gasteiger partial charge in [-0.15, -0.1) is 0 Å². The molecule has 1 heterocycles. The molecule has 17 heavy (non-hydrogen) atoms. The van der Waals surface area contributed by atoms with E-state index >= 15 is 0 Å². The molecule has 0 radical (unpaired) electrons. The summed E-state index contributed by atoms with van der Waals surface area (Å²) in [6.45, 7) is 2.84. The molecular weight excluding hydrogens is 218 g/mol. The predicted octanol–water partition coefficient (Wildman–Crippen LogP) is 0.883. The first-order valence-corrected chi connectivity index (χ1v) is 6.70. The molecule has 2 fully saturated rings. The number of hydrogen-bond acceptors (Lipinski definition) is 4. The van der Waals surface area contributed by atoms with Crippen LogP contribution in [0.2, 0.25) is 0 Å². The zero-order chi connectivity index (χ0) is 12.3. The van der Waals surface area contributed by atoms with Crippen LogP contribution in [0.4, 0.5) is 0 Å². The molecule has 4 atom stereocenters. The predicted molar refractivity (Wildman–Crippen MR) is 66.0 cm³/mol.